The van der Waals surface area contributed by atoms with E-state index in [4.69, 9.17) is 0 Å². The molecule has 130 valence electrons. The molecule has 1 fully saturated rings. The van der Waals surface area contributed by atoms with Gasteiger partial charge in [0.25, 0.3) is 0 Å². The number of aliphatic hydroxyl groups is 1. The molecule has 1 aliphatic rings. The highest BCUT2D eigenvalue weighted by Crippen LogP contribution is 2.26. The Morgan fingerprint density at radius 1 is 1.16 bits per heavy atom. The van der Waals surface area contributed by atoms with Gasteiger partial charge in [-0.2, -0.15) is 0 Å². The van der Waals surface area contributed by atoms with E-state index in [0.717, 1.165) is 18.7 Å². The summed E-state index contributed by atoms with van der Waals surface area (Å²) < 4.78 is 0. The Balaban J connectivity index is 1.62. The normalized spacial score (nSPS) is 16.6. The van der Waals surface area contributed by atoms with E-state index in [-0.39, 0.29) is 18.2 Å². The zero-order valence-electron chi connectivity index (χ0n) is 14.2. The summed E-state index contributed by atoms with van der Waals surface area (Å²) in [5, 5.41) is 13.3. The fourth-order valence-corrected chi connectivity index (χ4v) is 3.06. The SMILES string of the molecule is CC(O)(CC(=O)Nc1ccc(N2CCCC2=O)cc1)c1ccccc1. The highest BCUT2D eigenvalue weighted by molar-refractivity contribution is 5.96. The van der Waals surface area contributed by atoms with Crippen molar-refractivity contribution in [3.05, 3.63) is 60.2 Å². The van der Waals surface area contributed by atoms with Crippen molar-refractivity contribution >= 4 is 23.2 Å². The molecule has 2 amide bonds. The lowest BCUT2D eigenvalue weighted by Crippen LogP contribution is -2.28. The third kappa shape index (κ3) is 4.06. The monoisotopic (exact) mass is 338 g/mol. The molecule has 3 rings (SSSR count). The molecule has 1 heterocycles. The van der Waals surface area contributed by atoms with Crippen LogP contribution in [0, 0.1) is 0 Å². The first kappa shape index (κ1) is 17.2. The number of nitrogens with zero attached hydrogens (tertiary/aromatic N) is 1. The largest absolute Gasteiger partial charge is 0.385 e. The van der Waals surface area contributed by atoms with E-state index in [1.54, 1.807) is 36.1 Å². The van der Waals surface area contributed by atoms with Crippen LogP contribution in [-0.2, 0) is 15.2 Å². The summed E-state index contributed by atoms with van der Waals surface area (Å²) in [4.78, 5) is 25.8. The molecule has 0 radical (unpaired) electrons. The van der Waals surface area contributed by atoms with E-state index in [1.807, 2.05) is 30.3 Å². The molecule has 0 saturated carbocycles. The van der Waals surface area contributed by atoms with Crippen LogP contribution < -0.4 is 10.2 Å². The Labute approximate surface area is 147 Å². The van der Waals surface area contributed by atoms with Crippen molar-refractivity contribution in [1.82, 2.24) is 0 Å². The van der Waals surface area contributed by atoms with Crippen LogP contribution in [0.5, 0.6) is 0 Å². The number of hydrogen-bond donors (Lipinski definition) is 2. The predicted octanol–water partition coefficient (Wildman–Crippen LogP) is 3.05. The van der Waals surface area contributed by atoms with E-state index in [2.05, 4.69) is 5.32 Å². The van der Waals surface area contributed by atoms with Crippen molar-refractivity contribution in [1.29, 1.82) is 0 Å². The molecule has 1 unspecified atom stereocenters. The van der Waals surface area contributed by atoms with Gasteiger partial charge in [-0.25, -0.2) is 0 Å². The zero-order valence-corrected chi connectivity index (χ0v) is 14.2. The number of anilines is 2. The summed E-state index contributed by atoms with van der Waals surface area (Å²) in [6.07, 6.45) is 1.43. The number of benzene rings is 2. The summed E-state index contributed by atoms with van der Waals surface area (Å²) >= 11 is 0. The lowest BCUT2D eigenvalue weighted by molar-refractivity contribution is -0.121. The molecule has 1 aliphatic heterocycles. The van der Waals surface area contributed by atoms with E-state index in [1.165, 1.54) is 0 Å². The summed E-state index contributed by atoms with van der Waals surface area (Å²) in [7, 11) is 0. The maximum absolute atomic E-state index is 12.3. The van der Waals surface area contributed by atoms with Gasteiger partial charge in [-0.3, -0.25) is 9.59 Å². The second-order valence-corrected chi connectivity index (χ2v) is 6.56. The Kier molecular flexibility index (Phi) is 4.86. The number of nitrogens with one attached hydrogen (secondary N) is 1. The molecular weight excluding hydrogens is 316 g/mol. The van der Waals surface area contributed by atoms with E-state index >= 15 is 0 Å². The summed E-state index contributed by atoms with van der Waals surface area (Å²) in [5.74, 6) is -0.130. The van der Waals surface area contributed by atoms with Gasteiger partial charge >= 0.3 is 0 Å². The molecule has 0 aromatic heterocycles. The van der Waals surface area contributed by atoms with Gasteiger partial charge in [0.1, 0.15) is 0 Å². The quantitative estimate of drug-likeness (QED) is 0.880. The van der Waals surface area contributed by atoms with Gasteiger partial charge in [-0.15, -0.1) is 0 Å². The van der Waals surface area contributed by atoms with E-state index in [9.17, 15) is 14.7 Å². The Morgan fingerprint density at radius 2 is 1.84 bits per heavy atom. The second-order valence-electron chi connectivity index (χ2n) is 6.56. The minimum Gasteiger partial charge on any atom is -0.385 e. The molecule has 2 N–H and O–H groups in total. The lowest BCUT2D eigenvalue weighted by Gasteiger charge is -2.23. The van der Waals surface area contributed by atoms with Crippen molar-refractivity contribution in [2.45, 2.75) is 31.8 Å². The molecule has 0 bridgehead atoms. The van der Waals surface area contributed by atoms with Gasteiger partial charge in [-0.1, -0.05) is 30.3 Å². The Morgan fingerprint density at radius 3 is 2.44 bits per heavy atom. The molecule has 2 aromatic rings. The summed E-state index contributed by atoms with van der Waals surface area (Å²) in [5.41, 5.74) is 0.960. The number of rotatable bonds is 5. The lowest BCUT2D eigenvalue weighted by atomic mass is 9.92. The third-order valence-corrected chi connectivity index (χ3v) is 4.44. The molecule has 5 heteroatoms. The van der Waals surface area contributed by atoms with Gasteiger partial charge in [-0.05, 0) is 43.2 Å². The van der Waals surface area contributed by atoms with Crippen molar-refractivity contribution < 1.29 is 14.7 Å². The average Bonchev–Trinajstić information content (AvgIpc) is 3.02. The molecule has 0 spiro atoms. The number of hydrogen-bond acceptors (Lipinski definition) is 3. The van der Waals surface area contributed by atoms with Gasteiger partial charge < -0.3 is 15.3 Å². The minimum atomic E-state index is -1.23. The molecule has 1 atom stereocenters. The second kappa shape index (κ2) is 7.07. The smallest absolute Gasteiger partial charge is 0.227 e. The van der Waals surface area contributed by atoms with Gasteiger partial charge in [0, 0.05) is 24.3 Å². The summed E-state index contributed by atoms with van der Waals surface area (Å²) in [6, 6.07) is 16.3. The predicted molar refractivity (Wildman–Crippen MR) is 97.3 cm³/mol. The van der Waals surface area contributed by atoms with Crippen LogP contribution in [0.25, 0.3) is 0 Å². The molecule has 1 saturated heterocycles. The average molecular weight is 338 g/mol. The standard InChI is InChI=1S/C20H22N2O3/c1-20(25,15-6-3-2-4-7-15)14-18(23)21-16-9-11-17(12-10-16)22-13-5-8-19(22)24/h2-4,6-7,9-12,25H,5,8,13-14H2,1H3,(H,21,23). The number of carbonyl (C=O) groups excluding carboxylic acids is 2. The Hall–Kier alpha value is -2.66. The highest BCUT2D eigenvalue weighted by Gasteiger charge is 2.26. The number of amides is 2. The van der Waals surface area contributed by atoms with Crippen LogP contribution in [0.1, 0.15) is 31.7 Å². The van der Waals surface area contributed by atoms with Crippen LogP contribution in [0.4, 0.5) is 11.4 Å². The first-order valence-electron chi connectivity index (χ1n) is 8.44. The minimum absolute atomic E-state index is 0.0383. The van der Waals surface area contributed by atoms with Crippen LogP contribution in [-0.4, -0.2) is 23.5 Å². The molecule has 0 aliphatic carbocycles. The van der Waals surface area contributed by atoms with E-state index in [0.29, 0.717) is 17.7 Å². The molecular formula is C20H22N2O3. The van der Waals surface area contributed by atoms with Crippen molar-refractivity contribution in [2.24, 2.45) is 0 Å². The first-order chi connectivity index (χ1) is 12.0. The fraction of sp³-hybridized carbons (Fsp3) is 0.300. The summed E-state index contributed by atoms with van der Waals surface area (Å²) in [6.45, 7) is 2.37. The molecule has 25 heavy (non-hydrogen) atoms. The topological polar surface area (TPSA) is 69.6 Å². The van der Waals surface area contributed by atoms with Crippen LogP contribution in [0.2, 0.25) is 0 Å². The zero-order chi connectivity index (χ0) is 17.9. The first-order valence-corrected chi connectivity index (χ1v) is 8.44. The fourth-order valence-electron chi connectivity index (χ4n) is 3.06. The van der Waals surface area contributed by atoms with Gasteiger partial charge in [0.2, 0.25) is 11.8 Å². The van der Waals surface area contributed by atoms with Crippen LogP contribution >= 0.6 is 0 Å². The number of carbonyl (C=O) groups is 2. The van der Waals surface area contributed by atoms with Crippen molar-refractivity contribution in [3.63, 3.8) is 0 Å². The van der Waals surface area contributed by atoms with Gasteiger partial charge in [0.05, 0.1) is 12.0 Å². The van der Waals surface area contributed by atoms with Crippen LogP contribution in [0.15, 0.2) is 54.6 Å². The third-order valence-electron chi connectivity index (χ3n) is 4.44. The highest BCUT2D eigenvalue weighted by atomic mass is 16.3. The maximum atomic E-state index is 12.3. The van der Waals surface area contributed by atoms with Crippen molar-refractivity contribution in [2.75, 3.05) is 16.8 Å². The Bertz CT molecular complexity index is 754. The van der Waals surface area contributed by atoms with Crippen molar-refractivity contribution in [3.8, 4) is 0 Å². The molecule has 2 aromatic carbocycles. The van der Waals surface area contributed by atoms with Gasteiger partial charge in [0.15, 0.2) is 0 Å². The maximum Gasteiger partial charge on any atom is 0.227 e. The molecule has 5 nitrogen and oxygen atoms in total. The van der Waals surface area contributed by atoms with Crippen LogP contribution in [0.3, 0.4) is 0 Å². The van der Waals surface area contributed by atoms with E-state index < -0.39 is 5.60 Å².